The molecule has 7 aliphatic rings. The minimum atomic E-state index is -1.06. The molecule has 4 aromatic carbocycles. The van der Waals surface area contributed by atoms with Crippen molar-refractivity contribution in [3.8, 4) is 0 Å². The molecule has 6 bridgehead atoms. The van der Waals surface area contributed by atoms with Crippen molar-refractivity contribution in [1.29, 1.82) is 0 Å². The topological polar surface area (TPSA) is 158 Å². The normalized spacial score (nSPS) is 26.3. The lowest BCUT2D eigenvalue weighted by atomic mass is 9.49. The van der Waals surface area contributed by atoms with E-state index in [2.05, 4.69) is 49.7 Å². The zero-order valence-corrected chi connectivity index (χ0v) is 35.1. The molecule has 7 aliphatic carbocycles. The standard InChI is InChI=1S/C50H53N3O9/c1-59-48(57)61-26-33-19-34(27-62-49(58)60-2)21-35(20-33)52-45(54)40(22-29-10-4-3-5-11-29)53-47(56)44-42-38-14-8-6-12-36(38)41(37-13-7-9-15-39(37)42)43(44)46(55)51-28-50-23-30-16-31(24-50)18-32(17-30)25-50/h3-15,19-21,30-32,40-44H,16-18,22-28H2,1-2H3,(H,51,55)(H,52,54)(H,53,56)/t30?,31?,32?,40-,41?,42?,43+,44-,50?/m0/s1. The maximum Gasteiger partial charge on any atom is 0.508 e. The van der Waals surface area contributed by atoms with E-state index in [9.17, 15) is 14.4 Å². The number of rotatable bonds is 13. The van der Waals surface area contributed by atoms with Crippen LogP contribution in [0.2, 0.25) is 0 Å². The average Bonchev–Trinajstić information content (AvgIpc) is 3.28. The van der Waals surface area contributed by atoms with Crippen molar-refractivity contribution < 1.29 is 42.9 Å². The first kappa shape index (κ1) is 41.2. The Morgan fingerprint density at radius 2 is 1.08 bits per heavy atom. The van der Waals surface area contributed by atoms with Crippen LogP contribution in [0, 0.1) is 35.0 Å². The van der Waals surface area contributed by atoms with Gasteiger partial charge in [-0.15, -0.1) is 0 Å². The number of hydrogen-bond donors (Lipinski definition) is 3. The second-order valence-electron chi connectivity index (χ2n) is 18.2. The van der Waals surface area contributed by atoms with E-state index < -0.39 is 42.0 Å². The van der Waals surface area contributed by atoms with Gasteiger partial charge in [-0.25, -0.2) is 9.59 Å². The van der Waals surface area contributed by atoms with Gasteiger partial charge in [-0.2, -0.15) is 0 Å². The van der Waals surface area contributed by atoms with Crippen molar-refractivity contribution in [2.24, 2.45) is 35.0 Å². The van der Waals surface area contributed by atoms with Crippen molar-refractivity contribution >= 4 is 35.7 Å². The van der Waals surface area contributed by atoms with Crippen LogP contribution in [-0.4, -0.2) is 56.8 Å². The molecule has 0 saturated heterocycles. The lowest BCUT2D eigenvalue weighted by Gasteiger charge is -2.57. The first-order chi connectivity index (χ1) is 30.1. The summed E-state index contributed by atoms with van der Waals surface area (Å²) in [5.41, 5.74) is 6.41. The Morgan fingerprint density at radius 3 is 1.56 bits per heavy atom. The van der Waals surface area contributed by atoms with Gasteiger partial charge in [0.15, 0.2) is 0 Å². The van der Waals surface area contributed by atoms with E-state index in [-0.39, 0.29) is 42.8 Å². The predicted octanol–water partition coefficient (Wildman–Crippen LogP) is 7.77. The van der Waals surface area contributed by atoms with Crippen molar-refractivity contribution in [2.45, 2.75) is 76.0 Å². The van der Waals surface area contributed by atoms with E-state index in [0.717, 1.165) is 64.8 Å². The van der Waals surface area contributed by atoms with E-state index in [1.807, 2.05) is 54.6 Å². The molecule has 3 amide bonds. The predicted molar refractivity (Wildman–Crippen MR) is 229 cm³/mol. The molecule has 4 saturated carbocycles. The summed E-state index contributed by atoms with van der Waals surface area (Å²) in [5.74, 6) is -1.03. The number of carbonyl (C=O) groups excluding carboxylic acids is 5. The maximum absolute atomic E-state index is 15.3. The van der Waals surface area contributed by atoms with E-state index in [0.29, 0.717) is 23.4 Å². The number of anilines is 1. The van der Waals surface area contributed by atoms with E-state index in [4.69, 9.17) is 9.47 Å². The molecule has 4 fully saturated rings. The summed E-state index contributed by atoms with van der Waals surface area (Å²) in [4.78, 5) is 68.5. The van der Waals surface area contributed by atoms with Gasteiger partial charge in [-0.3, -0.25) is 14.4 Å². The van der Waals surface area contributed by atoms with Crippen LogP contribution in [-0.2, 0) is 53.0 Å². The number of nitrogens with one attached hydrogen (secondary N) is 3. The molecule has 62 heavy (non-hydrogen) atoms. The fourth-order valence-corrected chi connectivity index (χ4v) is 12.2. The smallest absolute Gasteiger partial charge is 0.438 e. The van der Waals surface area contributed by atoms with Crippen LogP contribution < -0.4 is 16.0 Å². The first-order valence-corrected chi connectivity index (χ1v) is 21.7. The summed E-state index contributed by atoms with van der Waals surface area (Å²) in [6, 6.07) is 29.6. The molecule has 12 nitrogen and oxygen atoms in total. The zero-order valence-electron chi connectivity index (χ0n) is 35.1. The first-order valence-electron chi connectivity index (χ1n) is 21.7. The highest BCUT2D eigenvalue weighted by Gasteiger charge is 2.56. The molecular formula is C50H53N3O9. The van der Waals surface area contributed by atoms with E-state index in [1.165, 1.54) is 33.5 Å². The molecule has 3 N–H and O–H groups in total. The fraction of sp³-hybridized carbons (Fsp3) is 0.420. The molecule has 0 heterocycles. The summed E-state index contributed by atoms with van der Waals surface area (Å²) in [5, 5.41) is 9.59. The molecule has 12 heteroatoms. The summed E-state index contributed by atoms with van der Waals surface area (Å²) < 4.78 is 19.6. The van der Waals surface area contributed by atoms with Crippen LogP contribution in [0.5, 0.6) is 0 Å². The summed E-state index contributed by atoms with van der Waals surface area (Å²) in [7, 11) is 2.40. The maximum atomic E-state index is 15.3. The molecule has 0 unspecified atom stereocenters. The Hall–Kier alpha value is -6.17. The monoisotopic (exact) mass is 839 g/mol. The van der Waals surface area contributed by atoms with E-state index in [1.54, 1.807) is 18.2 Å². The van der Waals surface area contributed by atoms with Gasteiger partial charge in [0.05, 0.1) is 26.1 Å². The van der Waals surface area contributed by atoms with Gasteiger partial charge in [-0.1, -0.05) is 78.9 Å². The highest BCUT2D eigenvalue weighted by molar-refractivity contribution is 5.99. The molecule has 0 aliphatic heterocycles. The third-order valence-electron chi connectivity index (χ3n) is 14.1. The summed E-state index contributed by atoms with van der Waals surface area (Å²) in [6.45, 7) is 0.243. The highest BCUT2D eigenvalue weighted by Crippen LogP contribution is 2.61. The van der Waals surface area contributed by atoms with Crippen LogP contribution in [0.4, 0.5) is 15.3 Å². The Bertz CT molecular complexity index is 2240. The van der Waals surface area contributed by atoms with Gasteiger partial charge >= 0.3 is 12.3 Å². The molecule has 0 spiro atoms. The van der Waals surface area contributed by atoms with Crippen molar-refractivity contribution in [3.05, 3.63) is 136 Å². The number of hydrogen-bond acceptors (Lipinski definition) is 9. The van der Waals surface area contributed by atoms with Crippen molar-refractivity contribution in [2.75, 3.05) is 26.1 Å². The minimum Gasteiger partial charge on any atom is -0.438 e. The number of amides is 3. The molecular weight excluding hydrogens is 787 g/mol. The third-order valence-corrected chi connectivity index (χ3v) is 14.1. The van der Waals surface area contributed by atoms with Gasteiger partial charge in [0.25, 0.3) is 0 Å². The number of carbonyl (C=O) groups is 5. The third kappa shape index (κ3) is 8.26. The largest absolute Gasteiger partial charge is 0.508 e. The second-order valence-corrected chi connectivity index (χ2v) is 18.2. The number of fused-ring (bicyclic) bond motifs is 1. The molecule has 0 aromatic heterocycles. The summed E-state index contributed by atoms with van der Waals surface area (Å²) in [6.07, 6.45) is 5.79. The SMILES string of the molecule is COC(=O)OCc1cc(COC(=O)OC)cc(NC(=O)[C@H](Cc2ccccc2)NC(=O)[C@H]2C3c4ccccc4C(c4ccccc43)[C@H]2C(=O)NCC23CC4CC(CC(C4)C2)C3)c1. The highest BCUT2D eigenvalue weighted by atomic mass is 16.7. The Morgan fingerprint density at radius 1 is 0.613 bits per heavy atom. The molecule has 0 radical (unpaired) electrons. The number of ether oxygens (including phenoxy) is 4. The Labute approximate surface area is 361 Å². The quantitative estimate of drug-likeness (QED) is 0.114. The van der Waals surface area contributed by atoms with E-state index >= 15 is 9.59 Å². The van der Waals surface area contributed by atoms with Crippen LogP contribution in [0.25, 0.3) is 0 Å². The van der Waals surface area contributed by atoms with Gasteiger partial charge in [0.1, 0.15) is 19.3 Å². The van der Waals surface area contributed by atoms with Crippen molar-refractivity contribution in [3.63, 3.8) is 0 Å². The fourth-order valence-electron chi connectivity index (χ4n) is 12.2. The lowest BCUT2D eigenvalue weighted by molar-refractivity contribution is -0.139. The van der Waals surface area contributed by atoms with Gasteiger partial charge in [0, 0.05) is 30.5 Å². The van der Waals surface area contributed by atoms with Crippen molar-refractivity contribution in [1.82, 2.24) is 10.6 Å². The minimum absolute atomic E-state index is 0.110. The van der Waals surface area contributed by atoms with Gasteiger partial charge < -0.3 is 34.9 Å². The number of benzene rings is 4. The molecule has 322 valence electrons. The van der Waals surface area contributed by atoms with Crippen LogP contribution in [0.1, 0.15) is 89.3 Å². The van der Waals surface area contributed by atoms with Crippen LogP contribution in [0.15, 0.2) is 97.1 Å². The zero-order chi connectivity index (χ0) is 43.0. The lowest BCUT2D eigenvalue weighted by Crippen LogP contribution is -2.57. The Kier molecular flexibility index (Phi) is 11.5. The molecule has 4 aromatic rings. The summed E-state index contributed by atoms with van der Waals surface area (Å²) >= 11 is 0. The van der Waals surface area contributed by atoms with Gasteiger partial charge in [-0.05, 0) is 119 Å². The van der Waals surface area contributed by atoms with Gasteiger partial charge in [0.2, 0.25) is 17.7 Å². The van der Waals surface area contributed by atoms with Crippen LogP contribution >= 0.6 is 0 Å². The second kappa shape index (κ2) is 17.3. The molecule has 11 rings (SSSR count). The average molecular weight is 840 g/mol. The van der Waals surface area contributed by atoms with Crippen LogP contribution in [0.3, 0.4) is 0 Å². The molecule has 3 atom stereocenters. The number of methoxy groups -OCH3 is 2. The Balaban J connectivity index is 1.03.